The van der Waals surface area contributed by atoms with Crippen LogP contribution in [0.15, 0.2) is 47.4 Å². The normalized spacial score (nSPS) is 15.0. The molecular formula is C20H22N2O4S. The standard InChI is InChI=1S/C20H22N2O4S/c1-14(2)20(16-6-9-18-19(12-16)26-11-3-10-25-18)22-27(23,24)17-7-4-15(13-21)5-8-17/h4-9,12,14,20,22H,3,10-11H2,1-2H3/t20-/m1/s1. The van der Waals surface area contributed by atoms with Crippen LogP contribution >= 0.6 is 0 Å². The maximum absolute atomic E-state index is 12.8. The average Bonchev–Trinajstić information content (AvgIpc) is 2.90. The van der Waals surface area contributed by atoms with Gasteiger partial charge < -0.3 is 9.47 Å². The summed E-state index contributed by atoms with van der Waals surface area (Å²) in [6, 6.07) is 12.9. The summed E-state index contributed by atoms with van der Waals surface area (Å²) in [6.45, 7) is 5.08. The van der Waals surface area contributed by atoms with Crippen LogP contribution in [-0.2, 0) is 10.0 Å². The van der Waals surface area contributed by atoms with Crippen LogP contribution in [0.3, 0.4) is 0 Å². The Bertz CT molecular complexity index is 947. The molecule has 3 rings (SSSR count). The van der Waals surface area contributed by atoms with Crippen molar-refractivity contribution in [2.24, 2.45) is 5.92 Å². The number of ether oxygens (including phenoxy) is 2. The molecule has 0 saturated carbocycles. The van der Waals surface area contributed by atoms with E-state index in [1.54, 1.807) is 0 Å². The number of sulfonamides is 1. The summed E-state index contributed by atoms with van der Waals surface area (Å²) in [5.74, 6) is 1.32. The van der Waals surface area contributed by atoms with Gasteiger partial charge in [-0.1, -0.05) is 19.9 Å². The molecule has 0 bridgehead atoms. The van der Waals surface area contributed by atoms with Crippen LogP contribution in [0.4, 0.5) is 0 Å². The maximum Gasteiger partial charge on any atom is 0.241 e. The van der Waals surface area contributed by atoms with Crippen molar-refractivity contribution < 1.29 is 17.9 Å². The second-order valence-corrected chi connectivity index (χ2v) is 8.45. The third-order valence-corrected chi connectivity index (χ3v) is 5.83. The number of hydrogen-bond acceptors (Lipinski definition) is 5. The molecule has 0 aromatic heterocycles. The van der Waals surface area contributed by atoms with Crippen LogP contribution in [0.2, 0.25) is 0 Å². The second-order valence-electron chi connectivity index (χ2n) is 6.74. The minimum absolute atomic E-state index is 0.0166. The Kier molecular flexibility index (Phi) is 5.68. The summed E-state index contributed by atoms with van der Waals surface area (Å²) >= 11 is 0. The van der Waals surface area contributed by atoms with Crippen LogP contribution in [-0.4, -0.2) is 21.6 Å². The molecule has 0 aliphatic carbocycles. The maximum atomic E-state index is 12.8. The molecule has 1 N–H and O–H groups in total. The first-order chi connectivity index (χ1) is 12.9. The number of nitrogens with zero attached hydrogens (tertiary/aromatic N) is 1. The van der Waals surface area contributed by atoms with E-state index in [9.17, 15) is 8.42 Å². The lowest BCUT2D eigenvalue weighted by Gasteiger charge is -2.23. The summed E-state index contributed by atoms with van der Waals surface area (Å²) in [6.07, 6.45) is 0.808. The van der Waals surface area contributed by atoms with Crippen molar-refractivity contribution in [3.8, 4) is 17.6 Å². The van der Waals surface area contributed by atoms with Crippen molar-refractivity contribution in [1.82, 2.24) is 4.72 Å². The number of rotatable bonds is 5. The first kappa shape index (κ1) is 19.2. The van der Waals surface area contributed by atoms with Gasteiger partial charge in [0.15, 0.2) is 11.5 Å². The van der Waals surface area contributed by atoms with E-state index in [2.05, 4.69) is 4.72 Å². The third kappa shape index (κ3) is 4.41. The Balaban J connectivity index is 1.89. The minimum Gasteiger partial charge on any atom is -0.490 e. The first-order valence-electron chi connectivity index (χ1n) is 8.83. The molecule has 27 heavy (non-hydrogen) atoms. The first-order valence-corrected chi connectivity index (χ1v) is 10.3. The zero-order chi connectivity index (χ0) is 19.4. The van der Waals surface area contributed by atoms with Gasteiger partial charge in [-0.05, 0) is 47.9 Å². The largest absolute Gasteiger partial charge is 0.490 e. The molecule has 7 heteroatoms. The zero-order valence-electron chi connectivity index (χ0n) is 15.3. The lowest BCUT2D eigenvalue weighted by atomic mass is 9.97. The van der Waals surface area contributed by atoms with Gasteiger partial charge in [0.2, 0.25) is 10.0 Å². The van der Waals surface area contributed by atoms with Crippen molar-refractivity contribution in [2.45, 2.75) is 31.2 Å². The molecule has 6 nitrogen and oxygen atoms in total. The Morgan fingerprint density at radius 1 is 1.04 bits per heavy atom. The van der Waals surface area contributed by atoms with Gasteiger partial charge in [0.1, 0.15) is 0 Å². The molecule has 142 valence electrons. The van der Waals surface area contributed by atoms with E-state index in [0.717, 1.165) is 12.0 Å². The van der Waals surface area contributed by atoms with Gasteiger partial charge in [-0.15, -0.1) is 0 Å². The van der Waals surface area contributed by atoms with Gasteiger partial charge >= 0.3 is 0 Å². The predicted octanol–water partition coefficient (Wildman–Crippen LogP) is 3.40. The molecule has 1 aliphatic heterocycles. The monoisotopic (exact) mass is 386 g/mol. The van der Waals surface area contributed by atoms with E-state index < -0.39 is 16.1 Å². The van der Waals surface area contributed by atoms with Crippen LogP contribution in [0, 0.1) is 17.2 Å². The quantitative estimate of drug-likeness (QED) is 0.851. The van der Waals surface area contributed by atoms with E-state index in [-0.39, 0.29) is 10.8 Å². The number of hydrogen-bond donors (Lipinski definition) is 1. The Morgan fingerprint density at radius 2 is 1.70 bits per heavy atom. The molecule has 0 unspecified atom stereocenters. The molecule has 0 fully saturated rings. The zero-order valence-corrected chi connectivity index (χ0v) is 16.1. The fourth-order valence-electron chi connectivity index (χ4n) is 2.91. The molecule has 0 amide bonds. The molecule has 1 atom stereocenters. The van der Waals surface area contributed by atoms with E-state index in [1.165, 1.54) is 24.3 Å². The smallest absolute Gasteiger partial charge is 0.241 e. The van der Waals surface area contributed by atoms with Crippen molar-refractivity contribution in [3.63, 3.8) is 0 Å². The lowest BCUT2D eigenvalue weighted by Crippen LogP contribution is -2.31. The SMILES string of the molecule is CC(C)[C@@H](NS(=O)(=O)c1ccc(C#N)cc1)c1ccc2c(c1)OCCCO2. The highest BCUT2D eigenvalue weighted by Gasteiger charge is 2.25. The second kappa shape index (κ2) is 7.99. The molecular weight excluding hydrogens is 364 g/mol. The highest BCUT2D eigenvalue weighted by Crippen LogP contribution is 2.34. The van der Waals surface area contributed by atoms with Gasteiger partial charge in [-0.2, -0.15) is 5.26 Å². The van der Waals surface area contributed by atoms with Crippen molar-refractivity contribution >= 4 is 10.0 Å². The topological polar surface area (TPSA) is 88.4 Å². The van der Waals surface area contributed by atoms with E-state index >= 15 is 0 Å². The highest BCUT2D eigenvalue weighted by molar-refractivity contribution is 7.89. The van der Waals surface area contributed by atoms with Gasteiger partial charge in [0.05, 0.1) is 29.7 Å². The predicted molar refractivity (Wildman–Crippen MR) is 101 cm³/mol. The molecule has 1 aliphatic rings. The minimum atomic E-state index is -3.74. The van der Waals surface area contributed by atoms with E-state index in [4.69, 9.17) is 14.7 Å². The summed E-state index contributed by atoms with van der Waals surface area (Å²) in [4.78, 5) is 0.126. The molecule has 2 aromatic carbocycles. The van der Waals surface area contributed by atoms with Gasteiger partial charge in [0, 0.05) is 12.5 Å². The fraction of sp³-hybridized carbons (Fsp3) is 0.350. The van der Waals surface area contributed by atoms with Crippen molar-refractivity contribution in [2.75, 3.05) is 13.2 Å². The number of nitrogens with one attached hydrogen (secondary N) is 1. The van der Waals surface area contributed by atoms with Crippen LogP contribution in [0.1, 0.15) is 37.4 Å². The molecule has 0 spiro atoms. The fourth-order valence-corrected chi connectivity index (χ4v) is 4.28. The third-order valence-electron chi connectivity index (χ3n) is 4.37. The van der Waals surface area contributed by atoms with Crippen LogP contribution in [0.5, 0.6) is 11.5 Å². The highest BCUT2D eigenvalue weighted by atomic mass is 32.2. The van der Waals surface area contributed by atoms with E-state index in [0.29, 0.717) is 30.3 Å². The van der Waals surface area contributed by atoms with Crippen molar-refractivity contribution in [1.29, 1.82) is 5.26 Å². The number of fused-ring (bicyclic) bond motifs is 1. The number of nitriles is 1. The summed E-state index contributed by atoms with van der Waals surface area (Å²) < 4.78 is 39.8. The Morgan fingerprint density at radius 3 is 2.33 bits per heavy atom. The van der Waals surface area contributed by atoms with Gasteiger partial charge in [-0.25, -0.2) is 13.1 Å². The summed E-state index contributed by atoms with van der Waals surface area (Å²) in [7, 11) is -3.74. The van der Waals surface area contributed by atoms with E-state index in [1.807, 2.05) is 38.1 Å². The molecule has 2 aromatic rings. The lowest BCUT2D eigenvalue weighted by molar-refractivity contribution is 0.297. The van der Waals surface area contributed by atoms with Crippen molar-refractivity contribution in [3.05, 3.63) is 53.6 Å². The summed E-state index contributed by atoms with van der Waals surface area (Å²) in [5, 5.41) is 8.88. The Hall–Kier alpha value is -2.56. The Labute approximate surface area is 159 Å². The van der Waals surface area contributed by atoms with Gasteiger partial charge in [-0.3, -0.25) is 0 Å². The molecule has 1 heterocycles. The summed E-state index contributed by atoms with van der Waals surface area (Å²) in [5.41, 5.74) is 1.23. The molecule has 0 saturated heterocycles. The number of benzene rings is 2. The van der Waals surface area contributed by atoms with Crippen LogP contribution in [0.25, 0.3) is 0 Å². The average molecular weight is 386 g/mol. The molecule has 0 radical (unpaired) electrons. The van der Waals surface area contributed by atoms with Crippen LogP contribution < -0.4 is 14.2 Å². The van der Waals surface area contributed by atoms with Gasteiger partial charge in [0.25, 0.3) is 0 Å².